The van der Waals surface area contributed by atoms with Crippen molar-refractivity contribution in [3.05, 3.63) is 72.6 Å². The van der Waals surface area contributed by atoms with Crippen molar-refractivity contribution < 1.29 is 23.1 Å². The first kappa shape index (κ1) is 34.5. The molecule has 11 nitrogen and oxygen atoms in total. The molecule has 1 aromatic heterocycles. The van der Waals surface area contributed by atoms with E-state index in [0.29, 0.717) is 65.5 Å². The number of benzene rings is 2. The van der Waals surface area contributed by atoms with Gasteiger partial charge in [0.2, 0.25) is 5.91 Å². The number of hydroxylamine groups is 1. The van der Waals surface area contributed by atoms with Gasteiger partial charge in [0.1, 0.15) is 29.5 Å². The highest BCUT2D eigenvalue weighted by atomic mass is 19.1. The Hall–Kier alpha value is -4.33. The highest BCUT2D eigenvalue weighted by molar-refractivity contribution is 6.02. The van der Waals surface area contributed by atoms with E-state index in [1.54, 1.807) is 18.2 Å². The maximum Gasteiger partial charge on any atom is 0.247 e. The van der Waals surface area contributed by atoms with Crippen molar-refractivity contribution in [1.29, 1.82) is 0 Å². The first-order valence-electron chi connectivity index (χ1n) is 17.0. The molecular weight excluding hydrogens is 630 g/mol. The van der Waals surface area contributed by atoms with Crippen molar-refractivity contribution >= 4 is 34.6 Å². The number of piperazine rings is 1. The summed E-state index contributed by atoms with van der Waals surface area (Å²) in [4.78, 5) is 34.8. The number of methoxy groups -OCH3 is 1. The monoisotopic (exact) mass is 676 g/mol. The van der Waals surface area contributed by atoms with Gasteiger partial charge in [-0.1, -0.05) is 13.5 Å². The number of halogens is 2. The fourth-order valence-electron chi connectivity index (χ4n) is 7.61. The number of carbonyl (C=O) groups is 1. The van der Waals surface area contributed by atoms with Gasteiger partial charge in [-0.2, -0.15) is 0 Å². The first-order chi connectivity index (χ1) is 23.7. The first-order valence-corrected chi connectivity index (χ1v) is 17.0. The predicted octanol–water partition coefficient (Wildman–Crippen LogP) is 5.90. The van der Waals surface area contributed by atoms with Crippen molar-refractivity contribution in [3.8, 4) is 5.75 Å². The molecule has 2 aromatic carbocycles. The molecule has 3 saturated heterocycles. The van der Waals surface area contributed by atoms with Gasteiger partial charge in [-0.25, -0.2) is 23.8 Å². The number of carbonyl (C=O) groups excluding carboxylic acids is 1. The molecular formula is C36H46F2N8O3. The van der Waals surface area contributed by atoms with Gasteiger partial charge in [0.15, 0.2) is 5.82 Å². The molecule has 0 radical (unpaired) electrons. The Labute approximate surface area is 286 Å². The van der Waals surface area contributed by atoms with Crippen LogP contribution in [0.15, 0.2) is 55.4 Å². The number of ether oxygens (including phenoxy) is 1. The zero-order valence-corrected chi connectivity index (χ0v) is 28.7. The molecule has 0 saturated carbocycles. The third-order valence-corrected chi connectivity index (χ3v) is 9.89. The summed E-state index contributed by atoms with van der Waals surface area (Å²) in [6.45, 7) is 15.8. The summed E-state index contributed by atoms with van der Waals surface area (Å²) in [5.74, 6) is -0.203. The molecule has 13 heteroatoms. The molecule has 6 rings (SSSR count). The average Bonchev–Trinajstić information content (AvgIpc) is 3.59. The number of hydrogen-bond donors (Lipinski definition) is 2. The van der Waals surface area contributed by atoms with Crippen molar-refractivity contribution in [2.24, 2.45) is 0 Å². The normalized spacial score (nSPS) is 22.3. The minimum Gasteiger partial charge on any atom is -0.494 e. The summed E-state index contributed by atoms with van der Waals surface area (Å²) in [6.07, 6.45) is 5.21. The molecule has 1 amide bonds. The Bertz CT molecular complexity index is 1620. The number of rotatable bonds is 10. The summed E-state index contributed by atoms with van der Waals surface area (Å²) < 4.78 is 33.9. The van der Waals surface area contributed by atoms with Gasteiger partial charge in [0, 0.05) is 68.9 Å². The van der Waals surface area contributed by atoms with Gasteiger partial charge >= 0.3 is 0 Å². The van der Waals surface area contributed by atoms with Crippen LogP contribution < -0.4 is 25.3 Å². The Morgan fingerprint density at radius 2 is 1.73 bits per heavy atom. The third-order valence-electron chi connectivity index (χ3n) is 9.89. The second-order valence-electron chi connectivity index (χ2n) is 13.0. The maximum absolute atomic E-state index is 14.0. The summed E-state index contributed by atoms with van der Waals surface area (Å²) in [5.41, 5.74) is 2.52. The number of likely N-dealkylation sites (N-methyl/N-ethyl adjacent to an activating group) is 1. The van der Waals surface area contributed by atoms with Gasteiger partial charge in [0.25, 0.3) is 0 Å². The summed E-state index contributed by atoms with van der Waals surface area (Å²) in [7, 11) is 1.60. The zero-order chi connectivity index (χ0) is 34.7. The van der Waals surface area contributed by atoms with E-state index < -0.39 is 17.7 Å². The lowest BCUT2D eigenvalue weighted by molar-refractivity contribution is -0.111. The molecule has 3 fully saturated rings. The van der Waals surface area contributed by atoms with Crippen LogP contribution in [0.2, 0.25) is 0 Å². The molecule has 3 aromatic rings. The zero-order valence-electron chi connectivity index (χ0n) is 28.7. The van der Waals surface area contributed by atoms with Crippen LogP contribution in [0.3, 0.4) is 0 Å². The van der Waals surface area contributed by atoms with E-state index in [0.717, 1.165) is 57.3 Å². The summed E-state index contributed by atoms with van der Waals surface area (Å²) in [6, 6.07) is 10.1. The average molecular weight is 677 g/mol. The fraction of sp³-hybridized carbons (Fsp3) is 0.472. The summed E-state index contributed by atoms with van der Waals surface area (Å²) in [5, 5.41) is 7.84. The van der Waals surface area contributed by atoms with Crippen LogP contribution in [0.1, 0.15) is 51.6 Å². The number of anilines is 5. The van der Waals surface area contributed by atoms with E-state index in [2.05, 4.69) is 62.7 Å². The maximum atomic E-state index is 14.0. The predicted molar refractivity (Wildman–Crippen MR) is 187 cm³/mol. The van der Waals surface area contributed by atoms with Gasteiger partial charge in [-0.15, -0.1) is 0 Å². The standard InChI is InChI=1S/C36H46F2N8O3/c1-6-36(47)42-29-17-30(41-34-19-35(40-22-39-34)46-31(10-13-49-46)25-14-26(37)16-27(38)15-25)33(48-5)18-32(29)43-11-8-28(9-12-43)44-20-23(3)45(7-2)24(4)21-44/h6,14-19,22-24,28,31H,1,7-13,20-21H2,2-5H3,(H,42,47)(H,39,40,41)/t23-,24+,31?. The van der Waals surface area contributed by atoms with Crippen LogP contribution in [0, 0.1) is 11.6 Å². The smallest absolute Gasteiger partial charge is 0.247 e. The quantitative estimate of drug-likeness (QED) is 0.253. The van der Waals surface area contributed by atoms with E-state index in [1.165, 1.54) is 24.5 Å². The largest absolute Gasteiger partial charge is 0.494 e. The van der Waals surface area contributed by atoms with Crippen LogP contribution in [0.5, 0.6) is 5.75 Å². The molecule has 3 aliphatic rings. The highest BCUT2D eigenvalue weighted by Crippen LogP contribution is 2.41. The minimum atomic E-state index is -0.652. The number of hydrogen-bond acceptors (Lipinski definition) is 10. The SMILES string of the molecule is C=CC(=O)Nc1cc(Nc2cc(N3OCCC3c3cc(F)cc(F)c3)ncn2)c(OC)cc1N1CCC(N2C[C@@H](C)N(CC)[C@@H](C)C2)CC1. The molecule has 4 heterocycles. The third kappa shape index (κ3) is 7.63. The molecule has 3 aliphatic heterocycles. The molecule has 0 bridgehead atoms. The van der Waals surface area contributed by atoms with Crippen LogP contribution >= 0.6 is 0 Å². The second kappa shape index (κ2) is 15.1. The van der Waals surface area contributed by atoms with E-state index in [1.807, 2.05) is 12.1 Å². The van der Waals surface area contributed by atoms with Crippen LogP contribution in [-0.2, 0) is 9.63 Å². The minimum absolute atomic E-state index is 0.320. The van der Waals surface area contributed by atoms with Gasteiger partial charge in [-0.3, -0.25) is 19.4 Å². The van der Waals surface area contributed by atoms with E-state index in [-0.39, 0.29) is 5.91 Å². The number of amides is 1. The topological polar surface area (TPSA) is 98.3 Å². The Balaban J connectivity index is 1.21. The summed E-state index contributed by atoms with van der Waals surface area (Å²) >= 11 is 0. The molecule has 0 aliphatic carbocycles. The van der Waals surface area contributed by atoms with Crippen LogP contribution in [-0.4, -0.2) is 90.2 Å². The molecule has 2 N–H and O–H groups in total. The van der Waals surface area contributed by atoms with Crippen molar-refractivity contribution in [2.45, 2.75) is 64.2 Å². The van der Waals surface area contributed by atoms with E-state index in [4.69, 9.17) is 9.57 Å². The van der Waals surface area contributed by atoms with Crippen LogP contribution in [0.25, 0.3) is 0 Å². The number of nitrogens with one attached hydrogen (secondary N) is 2. The Morgan fingerprint density at radius 1 is 1.02 bits per heavy atom. The lowest BCUT2D eigenvalue weighted by Crippen LogP contribution is -2.60. The van der Waals surface area contributed by atoms with Crippen LogP contribution in [0.4, 0.5) is 37.5 Å². The number of aromatic nitrogens is 2. The number of nitrogens with zero attached hydrogens (tertiary/aromatic N) is 6. The van der Waals surface area contributed by atoms with E-state index in [9.17, 15) is 13.6 Å². The lowest BCUT2D eigenvalue weighted by Gasteiger charge is -2.48. The Kier molecular flexibility index (Phi) is 10.6. The molecule has 3 atom stereocenters. The molecule has 0 spiro atoms. The second-order valence-corrected chi connectivity index (χ2v) is 13.0. The molecule has 262 valence electrons. The highest BCUT2D eigenvalue weighted by Gasteiger charge is 2.34. The van der Waals surface area contributed by atoms with Crippen molar-refractivity contribution in [3.63, 3.8) is 0 Å². The lowest BCUT2D eigenvalue weighted by atomic mass is 9.98. The van der Waals surface area contributed by atoms with Crippen molar-refractivity contribution in [1.82, 2.24) is 19.8 Å². The molecule has 1 unspecified atom stereocenters. The van der Waals surface area contributed by atoms with Gasteiger partial charge in [-0.05, 0) is 63.1 Å². The van der Waals surface area contributed by atoms with Crippen molar-refractivity contribution in [2.75, 3.05) is 67.0 Å². The van der Waals surface area contributed by atoms with Gasteiger partial charge < -0.3 is 20.3 Å². The Morgan fingerprint density at radius 3 is 2.39 bits per heavy atom. The fourth-order valence-corrected chi connectivity index (χ4v) is 7.61. The molecule has 49 heavy (non-hydrogen) atoms. The van der Waals surface area contributed by atoms with E-state index >= 15 is 0 Å². The number of piperidine rings is 1. The van der Waals surface area contributed by atoms with Gasteiger partial charge in [0.05, 0.1) is 36.8 Å².